The second-order valence-electron chi connectivity index (χ2n) is 6.84. The van der Waals surface area contributed by atoms with Gasteiger partial charge in [-0.3, -0.25) is 0 Å². The zero-order valence-corrected chi connectivity index (χ0v) is 19.0. The fraction of sp³-hybridized carbons (Fsp3) is 0.667. The average Bonchev–Trinajstić information content (AvgIpc) is 3.15. The molecule has 4 nitrogen and oxygen atoms in total. The Bertz CT molecular complexity index is 643. The summed E-state index contributed by atoms with van der Waals surface area (Å²) in [5.74, 6) is -0.0509. The fourth-order valence-corrected chi connectivity index (χ4v) is 23.5. The molecule has 0 radical (unpaired) electrons. The third-order valence-electron chi connectivity index (χ3n) is 4.99. The Hall–Kier alpha value is -0.561. The minimum absolute atomic E-state index is 0.383. The molecule has 2 rings (SSSR count). The fourth-order valence-electron chi connectivity index (χ4n) is 3.52. The molecule has 2 aromatic rings. The molecule has 0 aromatic carbocycles. The van der Waals surface area contributed by atoms with E-state index in [1.165, 1.54) is 51.8 Å². The third-order valence-corrected chi connectivity index (χ3v) is 24.2. The number of nitrogens with two attached hydrogens (primary N) is 1. The van der Waals surface area contributed by atoms with E-state index in [2.05, 4.69) is 32.0 Å². The second-order valence-corrected chi connectivity index (χ2v) is 22.1. The summed E-state index contributed by atoms with van der Waals surface area (Å²) in [5.41, 5.74) is 5.48. The van der Waals surface area contributed by atoms with Gasteiger partial charge in [0.1, 0.15) is 0 Å². The predicted octanol–water partition coefficient (Wildman–Crippen LogP) is 4.55. The van der Waals surface area contributed by atoms with E-state index in [-0.39, 0.29) is 0 Å². The van der Waals surface area contributed by atoms with Gasteiger partial charge in [0.25, 0.3) is 0 Å². The summed E-state index contributed by atoms with van der Waals surface area (Å²) >= 11 is -0.542. The topological polar surface area (TPSA) is 60.4 Å². The first-order valence-electron chi connectivity index (χ1n) is 9.35. The van der Waals surface area contributed by atoms with E-state index in [1.807, 2.05) is 21.9 Å². The van der Waals surface area contributed by atoms with Crippen LogP contribution in [0.2, 0.25) is 13.3 Å². The molecule has 1 amide bonds. The number of primary amides is 1. The van der Waals surface area contributed by atoms with Crippen LogP contribution in [0.4, 0.5) is 0 Å². The van der Waals surface area contributed by atoms with Gasteiger partial charge in [-0.25, -0.2) is 0 Å². The quantitative estimate of drug-likeness (QED) is 0.505. The molecule has 0 atom stereocenters. The van der Waals surface area contributed by atoms with E-state index in [9.17, 15) is 4.79 Å². The molecular weight excluding hydrogens is 425 g/mol. The van der Waals surface area contributed by atoms with Gasteiger partial charge in [-0.05, 0) is 0 Å². The predicted molar refractivity (Wildman–Crippen MR) is 106 cm³/mol. The van der Waals surface area contributed by atoms with Crippen molar-refractivity contribution in [2.75, 3.05) is 0 Å². The monoisotopic (exact) mass is 457 g/mol. The molecule has 0 saturated heterocycles. The molecule has 0 bridgehead atoms. The van der Waals surface area contributed by atoms with Crippen molar-refractivity contribution >= 4 is 43.3 Å². The molecule has 24 heavy (non-hydrogen) atoms. The number of nitrogens with zero attached hydrogens (tertiary/aromatic N) is 2. The Balaban J connectivity index is 2.44. The number of carbonyl (C=O) groups excluding carboxylic acids is 1. The number of aromatic nitrogens is 2. The SMILES string of the molecule is CCC[CH2][Sn]([CH2]CCC)([CH2]CCC)[c]1cn2c(C(N)=O)ncc2s1. The zero-order chi connectivity index (χ0) is 17.6. The van der Waals surface area contributed by atoms with Crippen LogP contribution >= 0.6 is 11.3 Å². The summed E-state index contributed by atoms with van der Waals surface area (Å²) in [4.78, 5) is 16.9. The van der Waals surface area contributed by atoms with Crippen LogP contribution in [0, 0.1) is 0 Å². The van der Waals surface area contributed by atoms with Gasteiger partial charge in [-0.1, -0.05) is 0 Å². The molecule has 134 valence electrons. The Morgan fingerprint density at radius 1 is 1.12 bits per heavy atom. The average molecular weight is 456 g/mol. The third kappa shape index (κ3) is 4.34. The number of fused-ring (bicyclic) bond motifs is 1. The molecule has 6 heteroatoms. The van der Waals surface area contributed by atoms with Gasteiger partial charge >= 0.3 is 154 Å². The molecule has 0 unspecified atom stereocenters. The van der Waals surface area contributed by atoms with Gasteiger partial charge in [0.2, 0.25) is 0 Å². The van der Waals surface area contributed by atoms with Crippen LogP contribution in [-0.2, 0) is 0 Å². The van der Waals surface area contributed by atoms with E-state index in [1.54, 1.807) is 2.89 Å². The van der Waals surface area contributed by atoms with E-state index < -0.39 is 24.3 Å². The van der Waals surface area contributed by atoms with Crippen LogP contribution in [0.5, 0.6) is 0 Å². The summed E-state index contributed by atoms with van der Waals surface area (Å²) in [6.45, 7) is 6.89. The number of hydrogen-bond acceptors (Lipinski definition) is 3. The number of thiazole rings is 1. The Labute approximate surface area is 153 Å². The number of hydrogen-bond donors (Lipinski definition) is 1. The molecular formula is C18H31N3OSSn. The standard InChI is InChI=1S/C6H4N3OS.3C4H9.Sn/c7-5(10)6-8-3-4-9(6)1-2-11-4;3*1-3-4-2;/h1,3H,(H2,7,10);3*1,3-4H2,2H3;. The molecule has 0 aliphatic carbocycles. The maximum atomic E-state index is 11.6. The number of unbranched alkanes of at least 4 members (excludes halogenated alkanes) is 3. The van der Waals surface area contributed by atoms with Gasteiger partial charge in [0, 0.05) is 0 Å². The van der Waals surface area contributed by atoms with Crippen molar-refractivity contribution in [3.8, 4) is 0 Å². The van der Waals surface area contributed by atoms with Crippen LogP contribution in [0.15, 0.2) is 12.4 Å². The summed E-state index contributed by atoms with van der Waals surface area (Å²) in [7, 11) is 0. The van der Waals surface area contributed by atoms with E-state index in [0.29, 0.717) is 5.82 Å². The first-order chi connectivity index (χ1) is 11.6. The molecule has 2 N–H and O–H groups in total. The second kappa shape index (κ2) is 9.22. The van der Waals surface area contributed by atoms with Crippen molar-refractivity contribution in [3.63, 3.8) is 0 Å². The van der Waals surface area contributed by atoms with Crippen molar-refractivity contribution in [3.05, 3.63) is 18.2 Å². The summed E-state index contributed by atoms with van der Waals surface area (Å²) in [5, 5.41) is 0. The first-order valence-corrected chi connectivity index (χ1v) is 17.6. The number of rotatable bonds is 11. The van der Waals surface area contributed by atoms with Crippen LogP contribution in [0.25, 0.3) is 4.83 Å². The molecule has 2 heterocycles. The zero-order valence-electron chi connectivity index (χ0n) is 15.3. The van der Waals surface area contributed by atoms with Crippen molar-refractivity contribution in [2.45, 2.75) is 72.6 Å². The molecule has 0 spiro atoms. The molecule has 2 aromatic heterocycles. The van der Waals surface area contributed by atoms with Crippen molar-refractivity contribution < 1.29 is 4.79 Å². The van der Waals surface area contributed by atoms with Crippen LogP contribution in [0.3, 0.4) is 0 Å². The summed E-state index contributed by atoms with van der Waals surface area (Å²) in [6.07, 6.45) is 11.9. The minimum atomic E-state index is -2.42. The van der Waals surface area contributed by atoms with Crippen molar-refractivity contribution in [1.29, 1.82) is 0 Å². The van der Waals surface area contributed by atoms with Crippen LogP contribution in [0.1, 0.15) is 69.9 Å². The van der Waals surface area contributed by atoms with Crippen LogP contribution in [-0.4, -0.2) is 33.7 Å². The van der Waals surface area contributed by atoms with E-state index in [4.69, 9.17) is 5.73 Å². The van der Waals surface area contributed by atoms with E-state index >= 15 is 0 Å². The normalized spacial score (nSPS) is 12.1. The van der Waals surface area contributed by atoms with Crippen LogP contribution < -0.4 is 8.63 Å². The molecule has 0 aliphatic rings. The Kier molecular flexibility index (Phi) is 7.59. The van der Waals surface area contributed by atoms with E-state index in [0.717, 1.165) is 4.83 Å². The summed E-state index contributed by atoms with van der Waals surface area (Å²) in [6, 6.07) is 0. The number of imidazole rings is 1. The number of carbonyl (C=O) groups is 1. The molecule has 0 aliphatic heterocycles. The Morgan fingerprint density at radius 3 is 2.12 bits per heavy atom. The molecule has 0 fully saturated rings. The van der Waals surface area contributed by atoms with Gasteiger partial charge in [-0.15, -0.1) is 0 Å². The van der Waals surface area contributed by atoms with Gasteiger partial charge in [-0.2, -0.15) is 0 Å². The Morgan fingerprint density at radius 2 is 1.67 bits per heavy atom. The first kappa shape index (κ1) is 19.8. The van der Waals surface area contributed by atoms with Gasteiger partial charge in [0.05, 0.1) is 0 Å². The number of amides is 1. The van der Waals surface area contributed by atoms with Crippen molar-refractivity contribution in [2.24, 2.45) is 5.73 Å². The maximum absolute atomic E-state index is 11.6. The summed E-state index contributed by atoms with van der Waals surface area (Å²) < 4.78 is 7.87. The molecule has 0 saturated carbocycles. The van der Waals surface area contributed by atoms with Gasteiger partial charge < -0.3 is 0 Å². The van der Waals surface area contributed by atoms with Gasteiger partial charge in [0.15, 0.2) is 0 Å². The van der Waals surface area contributed by atoms with Crippen molar-refractivity contribution in [1.82, 2.24) is 9.38 Å².